The van der Waals surface area contributed by atoms with Crippen molar-refractivity contribution in [2.45, 2.75) is 79.4 Å². The molecule has 0 aromatic heterocycles. The van der Waals surface area contributed by atoms with Gasteiger partial charge in [0.15, 0.2) is 0 Å². The quantitative estimate of drug-likeness (QED) is 0.320. The highest BCUT2D eigenvalue weighted by molar-refractivity contribution is 7.62. The highest BCUT2D eigenvalue weighted by Crippen LogP contribution is 2.50. The SMILES string of the molecule is CCc1cccc(C(C)CC)c1N1C(=O)c2ccc(P(=O)(OC(C)C)OC(C)C)cc2C1=O. The summed E-state index contributed by atoms with van der Waals surface area (Å²) in [6, 6.07) is 10.5. The van der Waals surface area contributed by atoms with Gasteiger partial charge in [0.2, 0.25) is 0 Å². The van der Waals surface area contributed by atoms with E-state index in [0.717, 1.165) is 17.5 Å². The fraction of sp³-hybridized carbons (Fsp3) is 0.462. The molecular weight excluding hydrogens is 437 g/mol. The summed E-state index contributed by atoms with van der Waals surface area (Å²) in [4.78, 5) is 28.3. The van der Waals surface area contributed by atoms with Gasteiger partial charge >= 0.3 is 7.60 Å². The zero-order valence-electron chi connectivity index (χ0n) is 20.5. The van der Waals surface area contributed by atoms with Crippen LogP contribution in [-0.4, -0.2) is 24.0 Å². The minimum atomic E-state index is -3.68. The topological polar surface area (TPSA) is 72.9 Å². The van der Waals surface area contributed by atoms with Gasteiger partial charge in [-0.05, 0) is 75.8 Å². The van der Waals surface area contributed by atoms with Crippen molar-refractivity contribution in [3.05, 3.63) is 58.7 Å². The molecule has 0 bridgehead atoms. The Morgan fingerprint density at radius 3 is 2.03 bits per heavy atom. The Hall–Kier alpha value is -2.27. The van der Waals surface area contributed by atoms with Crippen molar-refractivity contribution in [1.82, 2.24) is 0 Å². The number of fused-ring (bicyclic) bond motifs is 1. The number of anilines is 1. The second kappa shape index (κ2) is 9.92. The largest absolute Gasteiger partial charge is 0.361 e. The standard InChI is InChI=1S/C26H34NO5P/c1-8-18(7)21-12-10-11-19(9-2)24(21)27-25(28)22-14-13-20(15-23(22)26(27)29)33(30,31-16(3)4)32-17(5)6/h10-18H,8-9H2,1-7H3. The maximum absolute atomic E-state index is 13.6. The average Bonchev–Trinajstić information content (AvgIpc) is 3.00. The first-order valence-corrected chi connectivity index (χ1v) is 13.2. The number of benzene rings is 2. The summed E-state index contributed by atoms with van der Waals surface area (Å²) in [7, 11) is -3.68. The predicted molar refractivity (Wildman–Crippen MR) is 132 cm³/mol. The molecule has 1 aliphatic heterocycles. The molecule has 0 spiro atoms. The van der Waals surface area contributed by atoms with Crippen molar-refractivity contribution in [2.75, 3.05) is 4.90 Å². The molecule has 2 aromatic carbocycles. The van der Waals surface area contributed by atoms with E-state index in [0.29, 0.717) is 17.7 Å². The van der Waals surface area contributed by atoms with E-state index >= 15 is 0 Å². The third-order valence-electron chi connectivity index (χ3n) is 5.78. The van der Waals surface area contributed by atoms with E-state index in [-0.39, 0.29) is 34.9 Å². The van der Waals surface area contributed by atoms with E-state index in [4.69, 9.17) is 9.05 Å². The minimum absolute atomic E-state index is 0.186. The van der Waals surface area contributed by atoms with Crippen LogP contribution < -0.4 is 10.2 Å². The predicted octanol–water partition coefficient (Wildman–Crippen LogP) is 6.23. The Bertz CT molecular complexity index is 1090. The van der Waals surface area contributed by atoms with Crippen LogP contribution in [0.1, 0.15) is 92.6 Å². The number of imide groups is 1. The number of aryl methyl sites for hydroxylation is 1. The number of para-hydroxylation sites is 1. The molecule has 0 N–H and O–H groups in total. The second-order valence-electron chi connectivity index (χ2n) is 9.00. The molecule has 0 saturated carbocycles. The van der Waals surface area contributed by atoms with E-state index in [2.05, 4.69) is 13.8 Å². The smallest absolute Gasteiger partial charge is 0.302 e. The number of nitrogens with zero attached hydrogens (tertiary/aromatic N) is 1. The summed E-state index contributed by atoms with van der Waals surface area (Å²) < 4.78 is 25.0. The lowest BCUT2D eigenvalue weighted by molar-refractivity contribution is 0.0925. The number of rotatable bonds is 9. The van der Waals surface area contributed by atoms with E-state index in [1.165, 1.54) is 11.0 Å². The van der Waals surface area contributed by atoms with Crippen molar-refractivity contribution in [1.29, 1.82) is 0 Å². The summed E-state index contributed by atoms with van der Waals surface area (Å²) in [5.41, 5.74) is 3.11. The van der Waals surface area contributed by atoms with Gasteiger partial charge in [-0.2, -0.15) is 0 Å². The van der Waals surface area contributed by atoms with Crippen molar-refractivity contribution in [3.63, 3.8) is 0 Å². The summed E-state index contributed by atoms with van der Waals surface area (Å²) in [5, 5.41) is 0.276. The van der Waals surface area contributed by atoms with Gasteiger partial charge < -0.3 is 9.05 Å². The van der Waals surface area contributed by atoms with Crippen LogP contribution in [0.25, 0.3) is 0 Å². The maximum atomic E-state index is 13.6. The first-order valence-electron chi connectivity index (χ1n) is 11.7. The normalized spacial score (nSPS) is 15.0. The molecule has 2 amide bonds. The lowest BCUT2D eigenvalue weighted by Crippen LogP contribution is -2.31. The summed E-state index contributed by atoms with van der Waals surface area (Å²) in [6.45, 7) is 13.3. The van der Waals surface area contributed by atoms with Gasteiger partial charge in [0.1, 0.15) is 0 Å². The van der Waals surface area contributed by atoms with Gasteiger partial charge in [-0.15, -0.1) is 0 Å². The van der Waals surface area contributed by atoms with Gasteiger partial charge in [-0.1, -0.05) is 39.0 Å². The fourth-order valence-electron chi connectivity index (χ4n) is 4.09. The number of hydrogen-bond donors (Lipinski definition) is 0. The fourth-order valence-corrected chi connectivity index (χ4v) is 6.04. The number of amides is 2. The Balaban J connectivity index is 2.13. The van der Waals surface area contributed by atoms with E-state index in [9.17, 15) is 14.2 Å². The van der Waals surface area contributed by atoms with Crippen LogP contribution in [0.2, 0.25) is 0 Å². The molecule has 178 valence electrons. The van der Waals surface area contributed by atoms with Crippen LogP contribution >= 0.6 is 7.60 Å². The van der Waals surface area contributed by atoms with E-state index in [1.807, 2.05) is 25.1 Å². The molecule has 7 heteroatoms. The zero-order valence-corrected chi connectivity index (χ0v) is 21.4. The van der Waals surface area contributed by atoms with Crippen LogP contribution in [0.5, 0.6) is 0 Å². The molecule has 1 heterocycles. The van der Waals surface area contributed by atoms with Gasteiger partial charge in [0.05, 0.1) is 34.3 Å². The van der Waals surface area contributed by atoms with Crippen molar-refractivity contribution < 1.29 is 23.2 Å². The van der Waals surface area contributed by atoms with Crippen LogP contribution in [0.15, 0.2) is 36.4 Å². The summed E-state index contributed by atoms with van der Waals surface area (Å²) in [5.74, 6) is -0.593. The van der Waals surface area contributed by atoms with Gasteiger partial charge in [0, 0.05) is 0 Å². The highest BCUT2D eigenvalue weighted by Gasteiger charge is 2.41. The van der Waals surface area contributed by atoms with Crippen LogP contribution in [-0.2, 0) is 20.0 Å². The Kier molecular flexibility index (Phi) is 7.62. The van der Waals surface area contributed by atoms with Crippen LogP contribution in [0, 0.1) is 0 Å². The van der Waals surface area contributed by atoms with Gasteiger partial charge in [0.25, 0.3) is 11.8 Å². The molecule has 6 nitrogen and oxygen atoms in total. The number of carbonyl (C=O) groups excluding carboxylic acids is 2. The molecule has 0 radical (unpaired) electrons. The second-order valence-corrected chi connectivity index (χ2v) is 10.9. The van der Waals surface area contributed by atoms with Crippen molar-refractivity contribution in [3.8, 4) is 0 Å². The number of carbonyl (C=O) groups is 2. The van der Waals surface area contributed by atoms with Crippen LogP contribution in [0.4, 0.5) is 5.69 Å². The molecule has 1 unspecified atom stereocenters. The lowest BCUT2D eigenvalue weighted by Gasteiger charge is -2.24. The average molecular weight is 472 g/mol. The Morgan fingerprint density at radius 1 is 0.879 bits per heavy atom. The maximum Gasteiger partial charge on any atom is 0.361 e. The first-order chi connectivity index (χ1) is 15.5. The third kappa shape index (κ3) is 4.84. The molecule has 0 fully saturated rings. The Labute approximate surface area is 196 Å². The molecule has 3 rings (SSSR count). The van der Waals surface area contributed by atoms with Crippen molar-refractivity contribution >= 4 is 30.4 Å². The zero-order chi connectivity index (χ0) is 24.5. The molecule has 0 saturated heterocycles. The summed E-state index contributed by atoms with van der Waals surface area (Å²) in [6.07, 6.45) is 0.894. The number of hydrogen-bond acceptors (Lipinski definition) is 5. The molecule has 1 atom stereocenters. The molecule has 33 heavy (non-hydrogen) atoms. The third-order valence-corrected chi connectivity index (χ3v) is 8.09. The van der Waals surface area contributed by atoms with E-state index in [1.54, 1.807) is 39.8 Å². The molecule has 2 aromatic rings. The highest BCUT2D eigenvalue weighted by atomic mass is 31.2. The van der Waals surface area contributed by atoms with E-state index < -0.39 is 13.5 Å². The first kappa shape index (κ1) is 25.4. The molecule has 0 aliphatic carbocycles. The molecular formula is C26H34NO5P. The lowest BCUT2D eigenvalue weighted by atomic mass is 9.93. The summed E-state index contributed by atoms with van der Waals surface area (Å²) >= 11 is 0. The molecule has 1 aliphatic rings. The van der Waals surface area contributed by atoms with Gasteiger partial charge in [-0.25, -0.2) is 4.90 Å². The Morgan fingerprint density at radius 2 is 1.48 bits per heavy atom. The van der Waals surface area contributed by atoms with Gasteiger partial charge in [-0.3, -0.25) is 14.2 Å². The monoisotopic (exact) mass is 471 g/mol. The minimum Gasteiger partial charge on any atom is -0.302 e. The van der Waals surface area contributed by atoms with Crippen LogP contribution in [0.3, 0.4) is 0 Å². The van der Waals surface area contributed by atoms with Crippen molar-refractivity contribution in [2.24, 2.45) is 0 Å².